The molecule has 228 valence electrons. The Morgan fingerprint density at radius 1 is 0.636 bits per heavy atom. The normalized spacial score (nSPS) is 19.2. The molecule has 4 aromatic carbocycles. The molecule has 0 aliphatic heterocycles. The van der Waals surface area contributed by atoms with Crippen LogP contribution in [0.5, 0.6) is 0 Å². The summed E-state index contributed by atoms with van der Waals surface area (Å²) in [6.07, 6.45) is 7.91. The van der Waals surface area contributed by atoms with Gasteiger partial charge >= 0.3 is 257 Å². The van der Waals surface area contributed by atoms with E-state index in [0.29, 0.717) is 7.25 Å². The largest absolute Gasteiger partial charge is 0.147 e. The molecule has 44 heavy (non-hydrogen) atoms. The molecule has 0 radical (unpaired) electrons. The molecular weight excluding hydrogens is 671 g/mol. The third-order valence-electron chi connectivity index (χ3n) is 10.5. The van der Waals surface area contributed by atoms with Gasteiger partial charge in [-0.05, 0) is 0 Å². The number of hydrogen-bond acceptors (Lipinski definition) is 0. The summed E-state index contributed by atoms with van der Waals surface area (Å²) in [5, 5.41) is 0. The number of hydrogen-bond donors (Lipinski definition) is 0. The van der Waals surface area contributed by atoms with Crippen molar-refractivity contribution < 1.29 is 17.4 Å². The summed E-state index contributed by atoms with van der Waals surface area (Å²) in [7, 11) is 0. The number of rotatable bonds is 5. The Hall–Kier alpha value is -1.96. The molecule has 4 heteroatoms. The molecule has 2 unspecified atom stereocenters. The Morgan fingerprint density at radius 3 is 1.70 bits per heavy atom. The van der Waals surface area contributed by atoms with E-state index in [1.165, 1.54) is 51.8 Å². The van der Waals surface area contributed by atoms with Crippen LogP contribution < -0.4 is 0 Å². The maximum atomic E-state index is 2.78. The summed E-state index contributed by atoms with van der Waals surface area (Å²) < 4.78 is 6.71. The SMILES string of the molecule is CC1=Cc2c(-c3ccccc3)cccc2[CH]1[Zr]([CH3])([CH3])(=[SiH2])[CH]1C(C2CC2)=Cc2c(-c3ccc(C(C)(C)C)cc3)cccc21.Cl.Cl. The van der Waals surface area contributed by atoms with E-state index >= 15 is 0 Å². The van der Waals surface area contributed by atoms with E-state index in [9.17, 15) is 0 Å². The van der Waals surface area contributed by atoms with Gasteiger partial charge in [0.2, 0.25) is 0 Å². The molecule has 3 aliphatic carbocycles. The van der Waals surface area contributed by atoms with Crippen molar-refractivity contribution >= 4 is 43.8 Å². The van der Waals surface area contributed by atoms with Gasteiger partial charge in [0.1, 0.15) is 0 Å². The van der Waals surface area contributed by atoms with Crippen molar-refractivity contribution in [1.82, 2.24) is 0 Å². The maximum absolute atomic E-state index is 3.58. The zero-order chi connectivity index (χ0) is 29.5. The Morgan fingerprint density at radius 2 is 1.16 bits per heavy atom. The van der Waals surface area contributed by atoms with Crippen LogP contribution in [0, 0.1) is 5.92 Å². The van der Waals surface area contributed by atoms with E-state index in [1.54, 1.807) is 22.3 Å². The topological polar surface area (TPSA) is 0 Å². The fourth-order valence-electron chi connectivity index (χ4n) is 8.50. The number of benzene rings is 4. The van der Waals surface area contributed by atoms with Gasteiger partial charge in [-0.25, -0.2) is 0 Å². The summed E-state index contributed by atoms with van der Waals surface area (Å²) in [5.74, 6) is 0.761. The second kappa shape index (κ2) is 11.7. The van der Waals surface area contributed by atoms with E-state index in [2.05, 4.69) is 147 Å². The molecule has 0 bridgehead atoms. The van der Waals surface area contributed by atoms with Gasteiger partial charge in [0.25, 0.3) is 0 Å². The zero-order valence-corrected chi connectivity index (χ0v) is 32.5. The predicted octanol–water partition coefficient (Wildman–Crippen LogP) is 11.5. The molecule has 0 N–H and O–H groups in total. The van der Waals surface area contributed by atoms with Crippen molar-refractivity contribution in [3.8, 4) is 22.3 Å². The third-order valence-corrected chi connectivity index (χ3v) is 28.1. The van der Waals surface area contributed by atoms with E-state index in [1.807, 2.05) is 0 Å². The molecule has 1 saturated carbocycles. The molecule has 2 atom stereocenters. The Bertz CT molecular complexity index is 1850. The quantitative estimate of drug-likeness (QED) is 0.180. The number of fused-ring (bicyclic) bond motifs is 2. The molecule has 0 spiro atoms. The van der Waals surface area contributed by atoms with Gasteiger partial charge in [0, 0.05) is 0 Å². The van der Waals surface area contributed by atoms with Gasteiger partial charge in [-0.15, -0.1) is 24.8 Å². The number of halogens is 2. The third kappa shape index (κ3) is 5.53. The second-order valence-electron chi connectivity index (χ2n) is 15.4. The minimum Gasteiger partial charge on any atom is -0.147 e. The predicted molar refractivity (Wildman–Crippen MR) is 197 cm³/mol. The van der Waals surface area contributed by atoms with Crippen molar-refractivity contribution in [2.75, 3.05) is 0 Å². The van der Waals surface area contributed by atoms with Crippen LogP contribution in [0.1, 0.15) is 75.6 Å². The van der Waals surface area contributed by atoms with E-state index in [4.69, 9.17) is 0 Å². The van der Waals surface area contributed by atoms with E-state index in [0.717, 1.165) is 5.92 Å². The molecule has 0 nitrogen and oxygen atoms in total. The van der Waals surface area contributed by atoms with Crippen LogP contribution in [0.25, 0.3) is 34.4 Å². The first kappa shape index (κ1) is 33.4. The van der Waals surface area contributed by atoms with Crippen LogP contribution >= 0.6 is 24.8 Å². The molecule has 0 aromatic heterocycles. The molecule has 1 fully saturated rings. The van der Waals surface area contributed by atoms with Gasteiger partial charge in [0.15, 0.2) is 0 Å². The summed E-state index contributed by atoms with van der Waals surface area (Å²) in [6, 6.07) is 34.7. The molecule has 0 amide bonds. The van der Waals surface area contributed by atoms with Crippen LogP contribution in [-0.4, -0.2) is 6.88 Å². The molecular formula is C40H46Cl2SiZr. The second-order valence-corrected chi connectivity index (χ2v) is 45.9. The summed E-state index contributed by atoms with van der Waals surface area (Å²) in [4.78, 5) is 0. The van der Waals surface area contributed by atoms with Gasteiger partial charge in [-0.1, -0.05) is 0 Å². The first-order valence-electron chi connectivity index (χ1n) is 15.8. The molecule has 3 aliphatic rings. The first-order chi connectivity index (χ1) is 19.9. The Labute approximate surface area is 279 Å². The van der Waals surface area contributed by atoms with Crippen LogP contribution in [0.2, 0.25) is 9.26 Å². The minimum atomic E-state index is -3.58. The maximum Gasteiger partial charge on any atom is -0.147 e. The molecule has 0 heterocycles. The number of allylic oxidation sites excluding steroid dienone is 2. The summed E-state index contributed by atoms with van der Waals surface area (Å²) in [5.41, 5.74) is 16.5. The van der Waals surface area contributed by atoms with Crippen molar-refractivity contribution in [3.05, 3.63) is 130 Å². The fourth-order valence-corrected chi connectivity index (χ4v) is 28.8. The van der Waals surface area contributed by atoms with Gasteiger partial charge in [0.05, 0.1) is 0 Å². The standard InChI is InChI=1S/C22H23.C16H13.2CH3.2ClH.H2Si.Zr/c1-22(2,3)19-11-9-16(10-12-19)20-6-4-5-17-13-18(14-21(17)20)15-7-8-15;1-12-10-14-8-5-9-15(16(14)11-12)13-6-3-2-4-7-13;;;;;;/h4-6,9-15H,7-8H2,1-3H3;2-11H,1H3;2*1H3;2*1H;1H2;. The summed E-state index contributed by atoms with van der Waals surface area (Å²) >= 11 is -3.58. The average molecular weight is 717 g/mol. The van der Waals surface area contributed by atoms with Crippen molar-refractivity contribution in [2.24, 2.45) is 5.92 Å². The minimum absolute atomic E-state index is 0. The first-order valence-corrected chi connectivity index (χ1v) is 29.5. The average Bonchev–Trinajstić information content (AvgIpc) is 3.62. The van der Waals surface area contributed by atoms with Crippen molar-refractivity contribution in [2.45, 2.75) is 62.5 Å². The molecule has 7 rings (SSSR count). The summed E-state index contributed by atoms with van der Waals surface area (Å²) in [6.45, 7) is 11.8. The van der Waals surface area contributed by atoms with E-state index < -0.39 is 17.4 Å². The fraction of sp³-hybridized carbons (Fsp3) is 0.300. The molecule has 0 saturated heterocycles. The van der Waals surface area contributed by atoms with E-state index in [-0.39, 0.29) is 30.2 Å². The Kier molecular flexibility index (Phi) is 8.87. The van der Waals surface area contributed by atoms with Gasteiger partial charge in [-0.2, -0.15) is 0 Å². The Balaban J connectivity index is 0.00000192. The smallest absolute Gasteiger partial charge is 0.147 e. The van der Waals surface area contributed by atoms with Gasteiger partial charge in [-0.3, -0.25) is 0 Å². The monoisotopic (exact) mass is 714 g/mol. The van der Waals surface area contributed by atoms with Crippen LogP contribution in [0.3, 0.4) is 0 Å². The van der Waals surface area contributed by atoms with Gasteiger partial charge < -0.3 is 0 Å². The zero-order valence-electron chi connectivity index (χ0n) is 27.0. The van der Waals surface area contributed by atoms with Crippen molar-refractivity contribution in [3.63, 3.8) is 0 Å². The molecule has 4 aromatic rings. The van der Waals surface area contributed by atoms with Crippen LogP contribution in [-0.2, 0) is 22.8 Å². The van der Waals surface area contributed by atoms with Crippen molar-refractivity contribution in [1.29, 1.82) is 0 Å². The van der Waals surface area contributed by atoms with Crippen LogP contribution in [0.15, 0.2) is 102 Å². The van der Waals surface area contributed by atoms with Crippen LogP contribution in [0.4, 0.5) is 0 Å².